The minimum Gasteiger partial charge on any atom is -0.482 e. The van der Waals surface area contributed by atoms with Gasteiger partial charge in [0.2, 0.25) is 5.91 Å². The molecule has 148 valence electrons. The highest BCUT2D eigenvalue weighted by Gasteiger charge is 2.28. The van der Waals surface area contributed by atoms with E-state index in [0.29, 0.717) is 17.1 Å². The monoisotopic (exact) mass is 420 g/mol. The van der Waals surface area contributed by atoms with Crippen molar-refractivity contribution in [1.82, 2.24) is 0 Å². The van der Waals surface area contributed by atoms with E-state index in [1.165, 1.54) is 25.1 Å². The fourth-order valence-electron chi connectivity index (χ4n) is 2.75. The maximum atomic E-state index is 12.8. The van der Waals surface area contributed by atoms with Crippen molar-refractivity contribution in [3.8, 4) is 5.75 Å². The van der Waals surface area contributed by atoms with Crippen LogP contribution >= 0.6 is 11.8 Å². The van der Waals surface area contributed by atoms with Crippen molar-refractivity contribution in [2.45, 2.75) is 28.4 Å². The van der Waals surface area contributed by atoms with E-state index in [9.17, 15) is 18.0 Å². The van der Waals surface area contributed by atoms with Gasteiger partial charge in [0.1, 0.15) is 5.75 Å². The molecule has 1 aliphatic rings. The van der Waals surface area contributed by atoms with E-state index in [4.69, 9.17) is 4.74 Å². The van der Waals surface area contributed by atoms with Crippen LogP contribution in [0.15, 0.2) is 52.3 Å². The number of nitrogens with one attached hydrogen (secondary N) is 2. The van der Waals surface area contributed by atoms with Gasteiger partial charge in [-0.3, -0.25) is 9.59 Å². The van der Waals surface area contributed by atoms with Crippen molar-refractivity contribution in [2.75, 3.05) is 23.5 Å². The molecule has 2 aromatic carbocycles. The van der Waals surface area contributed by atoms with Gasteiger partial charge < -0.3 is 15.4 Å². The molecule has 1 unspecified atom stereocenters. The number of carbonyl (C=O) groups excluding carboxylic acids is 2. The van der Waals surface area contributed by atoms with Crippen LogP contribution in [0.25, 0.3) is 0 Å². The first-order valence-electron chi connectivity index (χ1n) is 8.54. The van der Waals surface area contributed by atoms with E-state index in [0.717, 1.165) is 4.90 Å². The third kappa shape index (κ3) is 4.48. The molecular formula is C19H20N2O5S2. The fourth-order valence-corrected chi connectivity index (χ4v) is 4.57. The molecule has 9 heteroatoms. The van der Waals surface area contributed by atoms with Crippen LogP contribution in [0, 0.1) is 0 Å². The van der Waals surface area contributed by atoms with E-state index >= 15 is 0 Å². The molecule has 0 bridgehead atoms. The van der Waals surface area contributed by atoms with Gasteiger partial charge in [-0.1, -0.05) is 6.07 Å². The molecule has 0 fully saturated rings. The van der Waals surface area contributed by atoms with Crippen LogP contribution in [-0.4, -0.2) is 38.3 Å². The number of ether oxygens (including phenoxy) is 1. The lowest BCUT2D eigenvalue weighted by atomic mass is 10.2. The summed E-state index contributed by atoms with van der Waals surface area (Å²) in [6.07, 6.45) is 1.75. The number of rotatable bonds is 6. The molecule has 1 aliphatic heterocycles. The van der Waals surface area contributed by atoms with E-state index < -0.39 is 15.1 Å². The minimum atomic E-state index is -3.74. The van der Waals surface area contributed by atoms with E-state index in [1.54, 1.807) is 17.8 Å². The summed E-state index contributed by atoms with van der Waals surface area (Å²) in [5.41, 5.74) is 1.05. The molecule has 0 aliphatic carbocycles. The Morgan fingerprint density at radius 2 is 2.07 bits per heavy atom. The predicted octanol–water partition coefficient (Wildman–Crippen LogP) is 2.93. The van der Waals surface area contributed by atoms with E-state index in [1.807, 2.05) is 24.5 Å². The molecule has 0 aromatic heterocycles. The number of carbonyl (C=O) groups is 2. The lowest BCUT2D eigenvalue weighted by molar-refractivity contribution is -0.118. The highest BCUT2D eigenvalue weighted by atomic mass is 32.2. The van der Waals surface area contributed by atoms with Gasteiger partial charge in [-0.15, -0.1) is 11.8 Å². The maximum Gasteiger partial charge on any atom is 0.262 e. The van der Waals surface area contributed by atoms with Crippen LogP contribution in [0.2, 0.25) is 0 Å². The number of anilines is 2. The number of benzene rings is 2. The van der Waals surface area contributed by atoms with Gasteiger partial charge >= 0.3 is 0 Å². The van der Waals surface area contributed by atoms with Gasteiger partial charge in [0.15, 0.2) is 16.4 Å². The normalized spacial score (nSPS) is 14.4. The van der Waals surface area contributed by atoms with E-state index in [2.05, 4.69) is 10.6 Å². The smallest absolute Gasteiger partial charge is 0.262 e. The summed E-state index contributed by atoms with van der Waals surface area (Å²) < 4.78 is 31.0. The number of amides is 2. The van der Waals surface area contributed by atoms with Crippen molar-refractivity contribution >= 4 is 44.8 Å². The number of thioether (sulfide) groups is 1. The molecular weight excluding hydrogens is 400 g/mol. The Kier molecular flexibility index (Phi) is 5.95. The molecule has 2 N–H and O–H groups in total. The minimum absolute atomic E-state index is 0.0482. The second-order valence-electron chi connectivity index (χ2n) is 6.33. The first-order chi connectivity index (χ1) is 13.3. The molecule has 7 nitrogen and oxygen atoms in total. The molecule has 0 saturated carbocycles. The Hall–Kier alpha value is -2.52. The highest BCUT2D eigenvalue weighted by molar-refractivity contribution is 7.98. The zero-order valence-electron chi connectivity index (χ0n) is 15.4. The second-order valence-corrected chi connectivity index (χ2v) is 9.58. The lowest BCUT2D eigenvalue weighted by Crippen LogP contribution is -2.27. The van der Waals surface area contributed by atoms with Crippen molar-refractivity contribution < 1.29 is 22.7 Å². The van der Waals surface area contributed by atoms with Crippen LogP contribution in [0.4, 0.5) is 11.4 Å². The van der Waals surface area contributed by atoms with Gasteiger partial charge in [-0.25, -0.2) is 8.42 Å². The van der Waals surface area contributed by atoms with E-state index in [-0.39, 0.29) is 29.7 Å². The molecule has 0 spiro atoms. The zero-order valence-corrected chi connectivity index (χ0v) is 17.0. The van der Waals surface area contributed by atoms with Gasteiger partial charge in [-0.05, 0) is 43.5 Å². The summed E-state index contributed by atoms with van der Waals surface area (Å²) >= 11 is 1.55. The lowest BCUT2D eigenvalue weighted by Gasteiger charge is -2.19. The summed E-state index contributed by atoms with van der Waals surface area (Å²) in [6.45, 7) is 1.33. The SMILES string of the molecule is CSc1cccc(NC(=O)CC(C)S(=O)(=O)c2ccc3c(c2)OCC(=O)N3)c1. The fraction of sp³-hybridized carbons (Fsp3) is 0.263. The van der Waals surface area contributed by atoms with Crippen LogP contribution in [0.5, 0.6) is 5.75 Å². The van der Waals surface area contributed by atoms with Crippen LogP contribution in [-0.2, 0) is 19.4 Å². The molecule has 2 amide bonds. The molecule has 2 aromatic rings. The Labute approximate surface area is 167 Å². The van der Waals surface area contributed by atoms with Crippen LogP contribution in [0.1, 0.15) is 13.3 Å². The maximum absolute atomic E-state index is 12.8. The first-order valence-corrected chi connectivity index (χ1v) is 11.3. The summed E-state index contributed by atoms with van der Waals surface area (Å²) in [5, 5.41) is 4.43. The molecule has 3 rings (SSSR count). The first kappa shape index (κ1) is 20.2. The molecule has 1 heterocycles. The Morgan fingerprint density at radius 1 is 1.29 bits per heavy atom. The van der Waals surface area contributed by atoms with Crippen molar-refractivity contribution in [3.63, 3.8) is 0 Å². The third-order valence-corrected chi connectivity index (χ3v) is 7.13. The average Bonchev–Trinajstić information content (AvgIpc) is 2.67. The predicted molar refractivity (Wildman–Crippen MR) is 109 cm³/mol. The zero-order chi connectivity index (χ0) is 20.3. The Bertz CT molecular complexity index is 1020. The molecule has 1 atom stereocenters. The second kappa shape index (κ2) is 8.24. The number of hydrogen-bond donors (Lipinski definition) is 2. The number of sulfone groups is 1. The number of fused-ring (bicyclic) bond motifs is 1. The quantitative estimate of drug-likeness (QED) is 0.697. The van der Waals surface area contributed by atoms with Crippen LogP contribution < -0.4 is 15.4 Å². The summed E-state index contributed by atoms with van der Waals surface area (Å²) in [5.74, 6) is -0.374. The summed E-state index contributed by atoms with van der Waals surface area (Å²) in [6, 6.07) is 11.6. The number of hydrogen-bond acceptors (Lipinski definition) is 6. The van der Waals surface area contributed by atoms with Crippen molar-refractivity contribution in [3.05, 3.63) is 42.5 Å². The molecule has 0 saturated heterocycles. The van der Waals surface area contributed by atoms with Gasteiger partial charge in [-0.2, -0.15) is 0 Å². The van der Waals surface area contributed by atoms with Gasteiger partial charge in [0, 0.05) is 23.1 Å². The topological polar surface area (TPSA) is 102 Å². The molecule has 0 radical (unpaired) electrons. The largest absolute Gasteiger partial charge is 0.482 e. The Balaban J connectivity index is 1.71. The van der Waals surface area contributed by atoms with Gasteiger partial charge in [0.25, 0.3) is 5.91 Å². The third-order valence-electron chi connectivity index (χ3n) is 4.27. The Morgan fingerprint density at radius 3 is 2.82 bits per heavy atom. The van der Waals surface area contributed by atoms with Gasteiger partial charge in [0.05, 0.1) is 15.8 Å². The van der Waals surface area contributed by atoms with Crippen molar-refractivity contribution in [1.29, 1.82) is 0 Å². The summed E-state index contributed by atoms with van der Waals surface area (Å²) in [7, 11) is -3.74. The summed E-state index contributed by atoms with van der Waals surface area (Å²) in [4.78, 5) is 24.7. The van der Waals surface area contributed by atoms with Crippen molar-refractivity contribution in [2.24, 2.45) is 0 Å². The van der Waals surface area contributed by atoms with Crippen LogP contribution in [0.3, 0.4) is 0 Å². The average molecular weight is 421 g/mol. The molecule has 28 heavy (non-hydrogen) atoms. The standard InChI is InChI=1S/C19H20N2O5S2/c1-12(8-18(22)20-13-4-3-5-14(9-13)27-2)28(24,25)15-6-7-16-17(10-15)26-11-19(23)21-16/h3-7,9-10,12H,8,11H2,1-2H3,(H,20,22)(H,21,23). The highest BCUT2D eigenvalue weighted by Crippen LogP contribution is 2.32.